The van der Waals surface area contributed by atoms with Gasteiger partial charge < -0.3 is 9.52 Å². The van der Waals surface area contributed by atoms with Gasteiger partial charge >= 0.3 is 0 Å². The summed E-state index contributed by atoms with van der Waals surface area (Å²) < 4.78 is 6.49. The first kappa shape index (κ1) is 10.2. The molecule has 1 aromatic rings. The van der Waals surface area contributed by atoms with Crippen molar-refractivity contribution >= 4 is 15.9 Å². The molecule has 0 aromatic carbocycles. The Morgan fingerprint density at radius 3 is 2.86 bits per heavy atom. The van der Waals surface area contributed by atoms with Gasteiger partial charge in [0.25, 0.3) is 0 Å². The van der Waals surface area contributed by atoms with Crippen LogP contribution in [0.2, 0.25) is 0 Å². The van der Waals surface area contributed by atoms with Gasteiger partial charge in [-0.1, -0.05) is 12.8 Å². The maximum Gasteiger partial charge on any atom is 0.121 e. The number of hydrogen-bond acceptors (Lipinski definition) is 2. The second kappa shape index (κ2) is 4.49. The third-order valence-electron chi connectivity index (χ3n) is 2.91. The molecule has 1 aromatic heterocycles. The largest absolute Gasteiger partial charge is 0.468 e. The minimum atomic E-state index is -0.153. The van der Waals surface area contributed by atoms with Gasteiger partial charge in [-0.05, 0) is 41.3 Å². The molecule has 0 bridgehead atoms. The van der Waals surface area contributed by atoms with Crippen LogP contribution in [-0.4, -0.2) is 11.2 Å². The van der Waals surface area contributed by atoms with Gasteiger partial charge in [0.2, 0.25) is 0 Å². The highest BCUT2D eigenvalue weighted by molar-refractivity contribution is 9.10. The highest BCUT2D eigenvalue weighted by Gasteiger charge is 2.23. The molecule has 1 heterocycles. The maximum atomic E-state index is 9.69. The summed E-state index contributed by atoms with van der Waals surface area (Å²) in [7, 11) is 0. The summed E-state index contributed by atoms with van der Waals surface area (Å²) in [6.07, 6.45) is 6.78. The average molecular weight is 259 g/mol. The lowest BCUT2D eigenvalue weighted by Crippen LogP contribution is -2.09. The van der Waals surface area contributed by atoms with Crippen LogP contribution in [0.4, 0.5) is 0 Å². The van der Waals surface area contributed by atoms with E-state index in [1.54, 1.807) is 6.26 Å². The Morgan fingerprint density at radius 2 is 2.14 bits per heavy atom. The van der Waals surface area contributed by atoms with E-state index in [-0.39, 0.29) is 6.10 Å². The van der Waals surface area contributed by atoms with Crippen molar-refractivity contribution in [2.24, 2.45) is 0 Å². The molecule has 0 radical (unpaired) electrons. The lowest BCUT2D eigenvalue weighted by atomic mass is 9.97. The van der Waals surface area contributed by atoms with Gasteiger partial charge in [0.15, 0.2) is 0 Å². The predicted octanol–water partition coefficient (Wildman–Crippen LogP) is 3.45. The molecule has 14 heavy (non-hydrogen) atoms. The molecule has 0 aliphatic heterocycles. The Hall–Kier alpha value is -0.280. The smallest absolute Gasteiger partial charge is 0.121 e. The van der Waals surface area contributed by atoms with Crippen molar-refractivity contribution < 1.29 is 9.52 Å². The number of halogens is 1. The Balaban J connectivity index is 2.13. The molecule has 0 spiro atoms. The van der Waals surface area contributed by atoms with Gasteiger partial charge in [-0.3, -0.25) is 0 Å². The van der Waals surface area contributed by atoms with E-state index < -0.39 is 0 Å². The second-order valence-corrected chi connectivity index (χ2v) is 4.86. The SMILES string of the molecule is OC1CCCCC(c2occc2Br)C1. The second-order valence-electron chi connectivity index (χ2n) is 4.00. The molecular weight excluding hydrogens is 244 g/mol. The van der Waals surface area contributed by atoms with Crippen LogP contribution < -0.4 is 0 Å². The molecule has 1 aliphatic carbocycles. The zero-order chi connectivity index (χ0) is 9.97. The summed E-state index contributed by atoms with van der Waals surface area (Å²) in [5, 5.41) is 9.69. The number of rotatable bonds is 1. The van der Waals surface area contributed by atoms with E-state index >= 15 is 0 Å². The summed E-state index contributed by atoms with van der Waals surface area (Å²) in [6.45, 7) is 0. The first-order valence-electron chi connectivity index (χ1n) is 5.18. The molecule has 2 nitrogen and oxygen atoms in total. The highest BCUT2D eigenvalue weighted by Crippen LogP contribution is 2.35. The Morgan fingerprint density at radius 1 is 1.36 bits per heavy atom. The third-order valence-corrected chi connectivity index (χ3v) is 3.57. The van der Waals surface area contributed by atoms with Gasteiger partial charge in [0, 0.05) is 5.92 Å². The van der Waals surface area contributed by atoms with Gasteiger partial charge in [0.1, 0.15) is 5.76 Å². The van der Waals surface area contributed by atoms with Crippen LogP contribution >= 0.6 is 15.9 Å². The molecule has 78 valence electrons. The van der Waals surface area contributed by atoms with Crippen molar-refractivity contribution in [3.63, 3.8) is 0 Å². The zero-order valence-corrected chi connectivity index (χ0v) is 9.66. The van der Waals surface area contributed by atoms with Crippen molar-refractivity contribution in [1.29, 1.82) is 0 Å². The van der Waals surface area contributed by atoms with E-state index in [0.29, 0.717) is 5.92 Å². The fourth-order valence-corrected chi connectivity index (χ4v) is 2.69. The molecular formula is C11H15BrO2. The van der Waals surface area contributed by atoms with Crippen LogP contribution in [0.5, 0.6) is 0 Å². The maximum absolute atomic E-state index is 9.69. The number of aliphatic hydroxyl groups is 1. The van der Waals surface area contributed by atoms with Crippen molar-refractivity contribution in [2.75, 3.05) is 0 Å². The normalized spacial score (nSPS) is 28.7. The predicted molar refractivity (Wildman–Crippen MR) is 58.2 cm³/mol. The molecule has 1 fully saturated rings. The molecule has 2 rings (SSSR count). The standard InChI is InChI=1S/C11H15BrO2/c12-10-5-6-14-11(10)8-3-1-2-4-9(13)7-8/h5-6,8-9,13H,1-4,7H2. The highest BCUT2D eigenvalue weighted by atomic mass is 79.9. The molecule has 0 saturated heterocycles. The molecule has 3 heteroatoms. The minimum Gasteiger partial charge on any atom is -0.468 e. The summed E-state index contributed by atoms with van der Waals surface area (Å²) in [5.41, 5.74) is 0. The third kappa shape index (κ3) is 2.20. The zero-order valence-electron chi connectivity index (χ0n) is 8.08. The summed E-state index contributed by atoms with van der Waals surface area (Å²) in [6, 6.07) is 1.92. The number of hydrogen-bond donors (Lipinski definition) is 1. The Kier molecular flexibility index (Phi) is 3.29. The first-order valence-corrected chi connectivity index (χ1v) is 5.97. The van der Waals surface area contributed by atoms with Gasteiger partial charge in [-0.2, -0.15) is 0 Å². The van der Waals surface area contributed by atoms with Crippen LogP contribution in [0.15, 0.2) is 21.2 Å². The molecule has 0 amide bonds. The van der Waals surface area contributed by atoms with E-state index in [2.05, 4.69) is 15.9 Å². The van der Waals surface area contributed by atoms with E-state index in [1.165, 1.54) is 6.42 Å². The van der Waals surface area contributed by atoms with E-state index in [0.717, 1.165) is 35.9 Å². The average Bonchev–Trinajstić information content (AvgIpc) is 2.45. The Bertz CT molecular complexity index is 295. The lowest BCUT2D eigenvalue weighted by molar-refractivity contribution is 0.148. The summed E-state index contributed by atoms with van der Waals surface area (Å²) in [4.78, 5) is 0. The quantitative estimate of drug-likeness (QED) is 0.783. The van der Waals surface area contributed by atoms with Crippen molar-refractivity contribution in [2.45, 2.75) is 44.1 Å². The van der Waals surface area contributed by atoms with Crippen molar-refractivity contribution in [1.82, 2.24) is 0 Å². The Labute approximate surface area is 92.4 Å². The molecule has 1 N–H and O–H groups in total. The van der Waals surface area contributed by atoms with E-state index in [4.69, 9.17) is 4.42 Å². The van der Waals surface area contributed by atoms with Crippen LogP contribution in [0.25, 0.3) is 0 Å². The summed E-state index contributed by atoms with van der Waals surface area (Å²) >= 11 is 3.47. The van der Waals surface area contributed by atoms with Crippen LogP contribution in [0, 0.1) is 0 Å². The van der Waals surface area contributed by atoms with Crippen molar-refractivity contribution in [3.8, 4) is 0 Å². The van der Waals surface area contributed by atoms with Crippen LogP contribution in [0.3, 0.4) is 0 Å². The monoisotopic (exact) mass is 258 g/mol. The minimum absolute atomic E-state index is 0.153. The lowest BCUT2D eigenvalue weighted by Gasteiger charge is -2.14. The fraction of sp³-hybridized carbons (Fsp3) is 0.636. The van der Waals surface area contributed by atoms with Crippen LogP contribution in [0.1, 0.15) is 43.8 Å². The van der Waals surface area contributed by atoms with Crippen molar-refractivity contribution in [3.05, 3.63) is 22.6 Å². The summed E-state index contributed by atoms with van der Waals surface area (Å²) in [5.74, 6) is 1.39. The van der Waals surface area contributed by atoms with Gasteiger partial charge in [-0.15, -0.1) is 0 Å². The molecule has 1 aliphatic rings. The van der Waals surface area contributed by atoms with E-state index in [9.17, 15) is 5.11 Å². The first-order chi connectivity index (χ1) is 6.77. The molecule has 2 atom stereocenters. The number of aliphatic hydroxyl groups excluding tert-OH is 1. The molecule has 2 unspecified atom stereocenters. The van der Waals surface area contributed by atoms with Gasteiger partial charge in [-0.25, -0.2) is 0 Å². The van der Waals surface area contributed by atoms with Gasteiger partial charge in [0.05, 0.1) is 16.8 Å². The number of furan rings is 1. The fourth-order valence-electron chi connectivity index (χ4n) is 2.17. The molecule has 1 saturated carbocycles. The van der Waals surface area contributed by atoms with Crippen LogP contribution in [-0.2, 0) is 0 Å². The topological polar surface area (TPSA) is 33.4 Å². The van der Waals surface area contributed by atoms with E-state index in [1.807, 2.05) is 6.07 Å².